The molecule has 0 aliphatic carbocycles. The lowest BCUT2D eigenvalue weighted by Crippen LogP contribution is -2.20. The van der Waals surface area contributed by atoms with E-state index in [0.29, 0.717) is 11.3 Å². The Kier molecular flexibility index (Phi) is 4.90. The lowest BCUT2D eigenvalue weighted by atomic mass is 10.1. The van der Waals surface area contributed by atoms with Crippen molar-refractivity contribution in [3.8, 4) is 5.75 Å². The molecule has 2 aromatic carbocycles. The molecule has 0 saturated carbocycles. The molecule has 110 valence electrons. The molecule has 0 spiro atoms. The number of aliphatic hydroxyl groups is 1. The quantitative estimate of drug-likeness (QED) is 0.889. The number of carbonyl (C=O) groups excluding carboxylic acids is 1. The maximum Gasteiger partial charge on any atom is 0.262 e. The summed E-state index contributed by atoms with van der Waals surface area (Å²) in [6.45, 7) is 1.40. The van der Waals surface area contributed by atoms with Crippen LogP contribution in [0.5, 0.6) is 5.75 Å². The van der Waals surface area contributed by atoms with Crippen molar-refractivity contribution >= 4 is 11.6 Å². The Hall–Kier alpha value is -2.40. The molecule has 1 atom stereocenters. The maximum atomic E-state index is 13.4. The number of aliphatic hydroxyl groups excluding tert-OH is 1. The van der Waals surface area contributed by atoms with Gasteiger partial charge in [-0.3, -0.25) is 4.79 Å². The summed E-state index contributed by atoms with van der Waals surface area (Å²) in [6, 6.07) is 12.7. The van der Waals surface area contributed by atoms with Crippen LogP contribution >= 0.6 is 0 Å². The van der Waals surface area contributed by atoms with Gasteiger partial charge < -0.3 is 15.2 Å². The Balaban J connectivity index is 1.92. The second-order valence-electron chi connectivity index (χ2n) is 4.57. The third kappa shape index (κ3) is 4.29. The number of hydrogen-bond donors (Lipinski definition) is 2. The van der Waals surface area contributed by atoms with Gasteiger partial charge >= 0.3 is 0 Å². The summed E-state index contributed by atoms with van der Waals surface area (Å²) < 4.78 is 18.7. The van der Waals surface area contributed by atoms with Crippen LogP contribution in [0.2, 0.25) is 0 Å². The Labute approximate surface area is 122 Å². The predicted octanol–water partition coefficient (Wildman–Crippen LogP) is 2.90. The molecule has 0 aromatic heterocycles. The van der Waals surface area contributed by atoms with Crippen molar-refractivity contribution in [2.24, 2.45) is 0 Å². The number of para-hydroxylation sites is 1. The van der Waals surface area contributed by atoms with E-state index >= 15 is 0 Å². The van der Waals surface area contributed by atoms with Crippen molar-refractivity contribution in [2.75, 3.05) is 11.9 Å². The van der Waals surface area contributed by atoms with E-state index in [2.05, 4.69) is 5.32 Å². The van der Waals surface area contributed by atoms with Crippen LogP contribution in [0.25, 0.3) is 0 Å². The SMILES string of the molecule is CC(O)c1cccc(OCC(=O)Nc2ccccc2F)c1. The highest BCUT2D eigenvalue weighted by Crippen LogP contribution is 2.19. The summed E-state index contributed by atoms with van der Waals surface area (Å²) in [5.41, 5.74) is 0.811. The highest BCUT2D eigenvalue weighted by molar-refractivity contribution is 5.91. The van der Waals surface area contributed by atoms with Crippen LogP contribution in [0.15, 0.2) is 48.5 Å². The largest absolute Gasteiger partial charge is 0.484 e. The number of carbonyl (C=O) groups is 1. The smallest absolute Gasteiger partial charge is 0.262 e. The maximum absolute atomic E-state index is 13.4. The number of nitrogens with one attached hydrogen (secondary N) is 1. The van der Waals surface area contributed by atoms with Gasteiger partial charge in [-0.15, -0.1) is 0 Å². The van der Waals surface area contributed by atoms with Crippen molar-refractivity contribution < 1.29 is 19.0 Å². The Morgan fingerprint density at radius 1 is 1.29 bits per heavy atom. The second-order valence-corrected chi connectivity index (χ2v) is 4.57. The fourth-order valence-corrected chi connectivity index (χ4v) is 1.76. The van der Waals surface area contributed by atoms with Gasteiger partial charge in [-0.2, -0.15) is 0 Å². The van der Waals surface area contributed by atoms with Crippen molar-refractivity contribution in [1.82, 2.24) is 0 Å². The first-order chi connectivity index (χ1) is 10.1. The molecule has 0 saturated heterocycles. The van der Waals surface area contributed by atoms with Crippen molar-refractivity contribution in [3.63, 3.8) is 0 Å². The predicted molar refractivity (Wildman–Crippen MR) is 77.6 cm³/mol. The first-order valence-electron chi connectivity index (χ1n) is 6.51. The molecule has 2 rings (SSSR count). The molecule has 2 aromatic rings. The van der Waals surface area contributed by atoms with Crippen LogP contribution in [0.1, 0.15) is 18.6 Å². The molecular formula is C16H16FNO3. The minimum Gasteiger partial charge on any atom is -0.484 e. The van der Waals surface area contributed by atoms with E-state index in [1.165, 1.54) is 12.1 Å². The highest BCUT2D eigenvalue weighted by Gasteiger charge is 2.08. The van der Waals surface area contributed by atoms with E-state index in [0.717, 1.165) is 0 Å². The molecule has 1 unspecified atom stereocenters. The Morgan fingerprint density at radius 2 is 2.05 bits per heavy atom. The van der Waals surface area contributed by atoms with Gasteiger partial charge in [-0.05, 0) is 36.8 Å². The first kappa shape index (κ1) is 15.0. The fourth-order valence-electron chi connectivity index (χ4n) is 1.76. The molecule has 0 radical (unpaired) electrons. The van der Waals surface area contributed by atoms with Crippen LogP contribution in [0, 0.1) is 5.82 Å². The summed E-state index contributed by atoms with van der Waals surface area (Å²) in [6.07, 6.45) is -0.610. The monoisotopic (exact) mass is 289 g/mol. The summed E-state index contributed by atoms with van der Waals surface area (Å²) in [5.74, 6) is -0.485. The van der Waals surface area contributed by atoms with Gasteiger partial charge in [0.05, 0.1) is 11.8 Å². The molecule has 0 bridgehead atoms. The molecule has 2 N–H and O–H groups in total. The minimum absolute atomic E-state index is 0.115. The zero-order valence-electron chi connectivity index (χ0n) is 11.5. The van der Waals surface area contributed by atoms with E-state index in [4.69, 9.17) is 4.74 Å². The van der Waals surface area contributed by atoms with Crippen LogP contribution in [-0.4, -0.2) is 17.6 Å². The normalized spacial score (nSPS) is 11.8. The van der Waals surface area contributed by atoms with E-state index in [1.807, 2.05) is 0 Å². The average Bonchev–Trinajstić information content (AvgIpc) is 2.48. The highest BCUT2D eigenvalue weighted by atomic mass is 19.1. The first-order valence-corrected chi connectivity index (χ1v) is 6.51. The average molecular weight is 289 g/mol. The van der Waals surface area contributed by atoms with Crippen LogP contribution in [-0.2, 0) is 4.79 Å². The van der Waals surface area contributed by atoms with Crippen molar-refractivity contribution in [1.29, 1.82) is 0 Å². The summed E-state index contributed by atoms with van der Waals surface area (Å²) in [7, 11) is 0. The number of ether oxygens (including phenoxy) is 1. The molecule has 0 aliphatic rings. The number of hydrogen-bond acceptors (Lipinski definition) is 3. The number of anilines is 1. The molecule has 4 nitrogen and oxygen atoms in total. The summed E-state index contributed by atoms with van der Waals surface area (Å²) in [5, 5.41) is 11.9. The molecule has 0 heterocycles. The van der Waals surface area contributed by atoms with Crippen molar-refractivity contribution in [2.45, 2.75) is 13.0 Å². The molecule has 5 heteroatoms. The van der Waals surface area contributed by atoms with Gasteiger partial charge in [0.1, 0.15) is 11.6 Å². The second kappa shape index (κ2) is 6.85. The molecular weight excluding hydrogens is 273 g/mol. The third-order valence-corrected chi connectivity index (χ3v) is 2.86. The zero-order chi connectivity index (χ0) is 15.2. The lowest BCUT2D eigenvalue weighted by molar-refractivity contribution is -0.118. The molecule has 21 heavy (non-hydrogen) atoms. The lowest BCUT2D eigenvalue weighted by Gasteiger charge is -2.10. The summed E-state index contributed by atoms with van der Waals surface area (Å²) in [4.78, 5) is 11.7. The fraction of sp³-hybridized carbons (Fsp3) is 0.188. The van der Waals surface area contributed by atoms with Gasteiger partial charge in [-0.1, -0.05) is 24.3 Å². The van der Waals surface area contributed by atoms with E-state index in [9.17, 15) is 14.3 Å². The van der Waals surface area contributed by atoms with Crippen LogP contribution in [0.4, 0.5) is 10.1 Å². The molecule has 1 amide bonds. The van der Waals surface area contributed by atoms with Crippen LogP contribution < -0.4 is 10.1 Å². The van der Waals surface area contributed by atoms with E-state index in [-0.39, 0.29) is 12.3 Å². The van der Waals surface area contributed by atoms with Gasteiger partial charge in [0, 0.05) is 0 Å². The zero-order valence-corrected chi connectivity index (χ0v) is 11.5. The summed E-state index contributed by atoms with van der Waals surface area (Å²) >= 11 is 0. The van der Waals surface area contributed by atoms with Gasteiger partial charge in [0.25, 0.3) is 5.91 Å². The topological polar surface area (TPSA) is 58.6 Å². The van der Waals surface area contributed by atoms with E-state index in [1.54, 1.807) is 43.3 Å². The van der Waals surface area contributed by atoms with Crippen LogP contribution in [0.3, 0.4) is 0 Å². The number of halogens is 1. The third-order valence-electron chi connectivity index (χ3n) is 2.86. The van der Waals surface area contributed by atoms with Gasteiger partial charge in [0.2, 0.25) is 0 Å². The van der Waals surface area contributed by atoms with Gasteiger partial charge in [-0.25, -0.2) is 4.39 Å². The number of rotatable bonds is 5. The number of amides is 1. The standard InChI is InChI=1S/C16H16FNO3/c1-11(19)12-5-4-6-13(9-12)21-10-16(20)18-15-8-3-2-7-14(15)17/h2-9,11,19H,10H2,1H3,(H,18,20). The van der Waals surface area contributed by atoms with Crippen molar-refractivity contribution in [3.05, 3.63) is 59.9 Å². The molecule has 0 aliphatic heterocycles. The minimum atomic E-state index is -0.610. The Morgan fingerprint density at radius 3 is 2.76 bits per heavy atom. The number of benzene rings is 2. The van der Waals surface area contributed by atoms with Gasteiger partial charge in [0.15, 0.2) is 6.61 Å². The van der Waals surface area contributed by atoms with E-state index < -0.39 is 17.8 Å². The molecule has 0 fully saturated rings. The Bertz CT molecular complexity index is 628.